The van der Waals surface area contributed by atoms with Crippen LogP contribution in [-0.4, -0.2) is 22.0 Å². The quantitative estimate of drug-likeness (QED) is 0.716. The van der Waals surface area contributed by atoms with Crippen molar-refractivity contribution in [1.29, 1.82) is 0 Å². The van der Waals surface area contributed by atoms with E-state index >= 15 is 0 Å². The number of aromatic nitrogens is 3. The van der Waals surface area contributed by atoms with Crippen LogP contribution in [0, 0.1) is 0 Å². The van der Waals surface area contributed by atoms with Crippen molar-refractivity contribution in [1.82, 2.24) is 15.0 Å². The van der Waals surface area contributed by atoms with E-state index in [4.69, 9.17) is 5.73 Å². The molecule has 0 aromatic carbocycles. The summed E-state index contributed by atoms with van der Waals surface area (Å²) in [4.78, 5) is 11.5. The van der Waals surface area contributed by atoms with E-state index in [1.54, 1.807) is 12.2 Å². The van der Waals surface area contributed by atoms with E-state index in [9.17, 15) is 0 Å². The zero-order chi connectivity index (χ0) is 13.1. The normalized spacial score (nSPS) is 11.5. The van der Waals surface area contributed by atoms with Gasteiger partial charge in [0.15, 0.2) is 0 Å². The fourth-order valence-electron chi connectivity index (χ4n) is 1.83. The van der Waals surface area contributed by atoms with Crippen LogP contribution in [0.4, 0.5) is 5.82 Å². The summed E-state index contributed by atoms with van der Waals surface area (Å²) in [5.74, 6) is 0.756. The van der Waals surface area contributed by atoms with Crippen LogP contribution < -0.4 is 11.1 Å². The van der Waals surface area contributed by atoms with Gasteiger partial charge in [0.1, 0.15) is 17.8 Å². The average molecular weight is 241 g/mol. The van der Waals surface area contributed by atoms with Gasteiger partial charge in [0, 0.05) is 24.5 Å². The molecular weight excluding hydrogens is 226 g/mol. The van der Waals surface area contributed by atoms with Crippen LogP contribution in [0.3, 0.4) is 0 Å². The lowest BCUT2D eigenvalue weighted by Gasteiger charge is -2.04. The van der Waals surface area contributed by atoms with Gasteiger partial charge in [-0.2, -0.15) is 0 Å². The minimum Gasteiger partial charge on any atom is -0.399 e. The summed E-state index contributed by atoms with van der Waals surface area (Å²) in [5, 5.41) is 3.95. The molecule has 0 unspecified atom stereocenters. The third-order valence-electron chi connectivity index (χ3n) is 2.58. The zero-order valence-corrected chi connectivity index (χ0v) is 10.2. The van der Waals surface area contributed by atoms with Crippen molar-refractivity contribution in [2.45, 2.75) is 0 Å². The summed E-state index contributed by atoms with van der Waals surface area (Å²) in [6, 6.07) is 0. The summed E-state index contributed by atoms with van der Waals surface area (Å²) in [6.45, 7) is 7.46. The van der Waals surface area contributed by atoms with Crippen molar-refractivity contribution >= 4 is 22.4 Å². The van der Waals surface area contributed by atoms with Crippen LogP contribution in [0.5, 0.6) is 0 Å². The Kier molecular flexibility index (Phi) is 3.14. The molecule has 0 aliphatic rings. The van der Waals surface area contributed by atoms with Crippen molar-refractivity contribution in [3.8, 4) is 0 Å². The molecule has 92 valence electrons. The average Bonchev–Trinajstić information content (AvgIpc) is 2.79. The second kappa shape index (κ2) is 4.75. The molecule has 5 nitrogen and oxygen atoms in total. The number of nitrogens with one attached hydrogen (secondary N) is 2. The molecule has 2 rings (SSSR count). The summed E-state index contributed by atoms with van der Waals surface area (Å²) in [5.41, 5.74) is 8.67. The van der Waals surface area contributed by atoms with Crippen LogP contribution in [0.15, 0.2) is 43.5 Å². The molecule has 18 heavy (non-hydrogen) atoms. The minimum absolute atomic E-state index is 0.474. The molecule has 2 aromatic heterocycles. The lowest BCUT2D eigenvalue weighted by atomic mass is 10.1. The molecule has 0 radical (unpaired) electrons. The van der Waals surface area contributed by atoms with E-state index in [0.717, 1.165) is 28.0 Å². The standard InChI is InChI=1S/C13H15N5/c1-4-9(5-8(2)14)10-6-16-13-11(10)12(15-3)17-7-18-13/h4-7H,1-2,14H2,3H3,(H2,15,16,17,18)/b9-5+. The molecule has 0 aliphatic heterocycles. The van der Waals surface area contributed by atoms with E-state index in [0.29, 0.717) is 5.70 Å². The lowest BCUT2D eigenvalue weighted by molar-refractivity contribution is 1.19. The van der Waals surface area contributed by atoms with Crippen LogP contribution in [0.25, 0.3) is 16.6 Å². The fourth-order valence-corrected chi connectivity index (χ4v) is 1.83. The first-order chi connectivity index (χ1) is 8.67. The van der Waals surface area contributed by atoms with E-state index in [1.165, 1.54) is 6.33 Å². The van der Waals surface area contributed by atoms with Gasteiger partial charge in [0.2, 0.25) is 0 Å². The maximum atomic E-state index is 5.61. The molecule has 4 N–H and O–H groups in total. The Morgan fingerprint density at radius 2 is 2.28 bits per heavy atom. The highest BCUT2D eigenvalue weighted by molar-refractivity contribution is 5.99. The molecular formula is C13H15N5. The Morgan fingerprint density at radius 3 is 2.89 bits per heavy atom. The molecule has 0 fully saturated rings. The number of aromatic amines is 1. The van der Waals surface area contributed by atoms with E-state index in [-0.39, 0.29) is 0 Å². The number of fused-ring (bicyclic) bond motifs is 1. The number of hydrogen-bond acceptors (Lipinski definition) is 4. The predicted molar refractivity (Wildman–Crippen MR) is 74.9 cm³/mol. The number of nitrogens with two attached hydrogens (primary N) is 1. The van der Waals surface area contributed by atoms with Crippen LogP contribution in [0.1, 0.15) is 5.56 Å². The Bertz CT molecular complexity index is 636. The second-order valence-electron chi connectivity index (χ2n) is 3.78. The van der Waals surface area contributed by atoms with Crippen LogP contribution in [0.2, 0.25) is 0 Å². The molecule has 2 heterocycles. The number of anilines is 1. The van der Waals surface area contributed by atoms with E-state index in [1.807, 2.05) is 13.2 Å². The van der Waals surface area contributed by atoms with E-state index in [2.05, 4.69) is 33.4 Å². The Labute approximate surface area is 105 Å². The number of rotatable bonds is 4. The summed E-state index contributed by atoms with van der Waals surface area (Å²) < 4.78 is 0. The molecule has 0 bridgehead atoms. The summed E-state index contributed by atoms with van der Waals surface area (Å²) in [6.07, 6.45) is 6.86. The van der Waals surface area contributed by atoms with Crippen molar-refractivity contribution in [3.63, 3.8) is 0 Å². The first-order valence-electron chi connectivity index (χ1n) is 5.46. The van der Waals surface area contributed by atoms with Gasteiger partial charge in [-0.1, -0.05) is 19.2 Å². The lowest BCUT2D eigenvalue weighted by Crippen LogP contribution is -1.96. The summed E-state index contributed by atoms with van der Waals surface area (Å²) in [7, 11) is 1.82. The summed E-state index contributed by atoms with van der Waals surface area (Å²) >= 11 is 0. The first-order valence-corrected chi connectivity index (χ1v) is 5.46. The highest BCUT2D eigenvalue weighted by atomic mass is 15.0. The first kappa shape index (κ1) is 11.9. The van der Waals surface area contributed by atoms with Crippen molar-refractivity contribution < 1.29 is 0 Å². The Balaban J connectivity index is 2.71. The predicted octanol–water partition coefficient (Wildman–Crippen LogP) is 2.04. The topological polar surface area (TPSA) is 79.6 Å². The van der Waals surface area contributed by atoms with Crippen LogP contribution in [-0.2, 0) is 0 Å². The van der Waals surface area contributed by atoms with Gasteiger partial charge < -0.3 is 16.0 Å². The molecule has 0 atom stereocenters. The number of allylic oxidation sites excluding steroid dienone is 3. The van der Waals surface area contributed by atoms with Gasteiger partial charge in [-0.25, -0.2) is 9.97 Å². The van der Waals surface area contributed by atoms with Crippen molar-refractivity contribution in [2.24, 2.45) is 5.73 Å². The third kappa shape index (κ3) is 1.98. The smallest absolute Gasteiger partial charge is 0.143 e. The molecule has 2 aromatic rings. The van der Waals surface area contributed by atoms with Gasteiger partial charge in [-0.15, -0.1) is 0 Å². The van der Waals surface area contributed by atoms with Crippen molar-refractivity contribution in [2.75, 3.05) is 12.4 Å². The maximum absolute atomic E-state index is 5.61. The van der Waals surface area contributed by atoms with Crippen LogP contribution >= 0.6 is 0 Å². The van der Waals surface area contributed by atoms with Gasteiger partial charge in [0.25, 0.3) is 0 Å². The Morgan fingerprint density at radius 1 is 1.50 bits per heavy atom. The third-order valence-corrected chi connectivity index (χ3v) is 2.58. The molecule has 0 saturated heterocycles. The minimum atomic E-state index is 0.474. The van der Waals surface area contributed by atoms with Gasteiger partial charge in [-0.05, 0) is 11.6 Å². The monoisotopic (exact) mass is 241 g/mol. The highest BCUT2D eigenvalue weighted by Gasteiger charge is 2.11. The molecule has 0 aliphatic carbocycles. The Hall–Kier alpha value is -2.56. The van der Waals surface area contributed by atoms with Gasteiger partial charge in [0.05, 0.1) is 5.39 Å². The number of hydrogen-bond donors (Lipinski definition) is 3. The number of H-pyrrole nitrogens is 1. The fraction of sp³-hybridized carbons (Fsp3) is 0.0769. The number of nitrogens with zero attached hydrogens (tertiary/aromatic N) is 2. The van der Waals surface area contributed by atoms with Gasteiger partial charge >= 0.3 is 0 Å². The van der Waals surface area contributed by atoms with Crippen molar-refractivity contribution in [3.05, 3.63) is 49.1 Å². The molecule has 0 amide bonds. The molecule has 0 saturated carbocycles. The van der Waals surface area contributed by atoms with E-state index < -0.39 is 0 Å². The second-order valence-corrected chi connectivity index (χ2v) is 3.78. The zero-order valence-electron chi connectivity index (χ0n) is 10.2. The highest BCUT2D eigenvalue weighted by Crippen LogP contribution is 2.29. The molecule has 5 heteroatoms. The SMILES string of the molecule is C=C/C(=C\C(=C)N)c1c[nH]c2ncnc(NC)c12. The van der Waals surface area contributed by atoms with Gasteiger partial charge in [-0.3, -0.25) is 0 Å². The maximum Gasteiger partial charge on any atom is 0.143 e. The molecule has 0 spiro atoms. The largest absolute Gasteiger partial charge is 0.399 e.